The van der Waals surface area contributed by atoms with Gasteiger partial charge in [-0.15, -0.1) is 0 Å². The monoisotopic (exact) mass is 298 g/mol. The maximum absolute atomic E-state index is 12.1. The zero-order chi connectivity index (χ0) is 15.5. The Kier molecular flexibility index (Phi) is 5.49. The third kappa shape index (κ3) is 5.15. The predicted molar refractivity (Wildman–Crippen MR) is 82.4 cm³/mol. The fourth-order valence-corrected chi connectivity index (χ4v) is 3.05. The SMILES string of the molecule is CC1CN(C(=O)OC(C)(C)C)CCC1NC1CCOCC1. The molecule has 1 N–H and O–H groups in total. The number of hydrogen-bond acceptors (Lipinski definition) is 4. The number of piperidine rings is 1. The highest BCUT2D eigenvalue weighted by atomic mass is 16.6. The van der Waals surface area contributed by atoms with E-state index in [4.69, 9.17) is 9.47 Å². The number of amides is 1. The van der Waals surface area contributed by atoms with E-state index in [-0.39, 0.29) is 6.09 Å². The van der Waals surface area contributed by atoms with E-state index in [0.717, 1.165) is 45.6 Å². The zero-order valence-corrected chi connectivity index (χ0v) is 13.9. The summed E-state index contributed by atoms with van der Waals surface area (Å²) in [7, 11) is 0. The van der Waals surface area contributed by atoms with Gasteiger partial charge in [0.25, 0.3) is 0 Å². The number of ether oxygens (including phenoxy) is 2. The highest BCUT2D eigenvalue weighted by molar-refractivity contribution is 5.68. The normalized spacial score (nSPS) is 28.5. The van der Waals surface area contributed by atoms with Crippen molar-refractivity contribution in [3.63, 3.8) is 0 Å². The molecule has 122 valence electrons. The van der Waals surface area contributed by atoms with Crippen LogP contribution >= 0.6 is 0 Å². The van der Waals surface area contributed by atoms with Crippen molar-refractivity contribution in [2.45, 2.75) is 64.6 Å². The molecule has 2 saturated heterocycles. The molecule has 21 heavy (non-hydrogen) atoms. The standard InChI is InChI=1S/C16H30N2O3/c1-12-11-18(15(19)21-16(2,3)4)8-5-14(12)17-13-6-9-20-10-7-13/h12-14,17H,5-11H2,1-4H3. The van der Waals surface area contributed by atoms with E-state index in [0.29, 0.717) is 18.0 Å². The van der Waals surface area contributed by atoms with Crippen molar-refractivity contribution in [1.29, 1.82) is 0 Å². The highest BCUT2D eigenvalue weighted by Gasteiger charge is 2.32. The highest BCUT2D eigenvalue weighted by Crippen LogP contribution is 2.21. The summed E-state index contributed by atoms with van der Waals surface area (Å²) in [4.78, 5) is 14.0. The van der Waals surface area contributed by atoms with Gasteiger partial charge in [0.2, 0.25) is 0 Å². The first-order valence-electron chi connectivity index (χ1n) is 8.17. The van der Waals surface area contributed by atoms with Gasteiger partial charge in [0.15, 0.2) is 0 Å². The van der Waals surface area contributed by atoms with Gasteiger partial charge in [-0.1, -0.05) is 6.92 Å². The molecule has 5 heteroatoms. The number of carbonyl (C=O) groups excluding carboxylic acids is 1. The van der Waals surface area contributed by atoms with Crippen LogP contribution in [0.5, 0.6) is 0 Å². The van der Waals surface area contributed by atoms with Gasteiger partial charge in [-0.3, -0.25) is 0 Å². The lowest BCUT2D eigenvalue weighted by Crippen LogP contribution is -2.53. The van der Waals surface area contributed by atoms with Crippen molar-refractivity contribution < 1.29 is 14.3 Å². The predicted octanol–water partition coefficient (Wildman–Crippen LogP) is 2.40. The molecule has 2 fully saturated rings. The Bertz CT molecular complexity index is 348. The van der Waals surface area contributed by atoms with Crippen LogP contribution in [-0.2, 0) is 9.47 Å². The van der Waals surface area contributed by atoms with E-state index >= 15 is 0 Å². The second-order valence-electron chi connectivity index (χ2n) is 7.35. The molecule has 2 aliphatic heterocycles. The number of carbonyl (C=O) groups is 1. The van der Waals surface area contributed by atoms with Gasteiger partial charge in [-0.05, 0) is 46.0 Å². The van der Waals surface area contributed by atoms with Crippen LogP contribution in [0.2, 0.25) is 0 Å². The molecule has 2 heterocycles. The van der Waals surface area contributed by atoms with Crippen LogP contribution < -0.4 is 5.32 Å². The summed E-state index contributed by atoms with van der Waals surface area (Å²) in [6, 6.07) is 1.06. The second kappa shape index (κ2) is 6.97. The lowest BCUT2D eigenvalue weighted by atomic mass is 9.92. The molecule has 0 spiro atoms. The molecule has 2 rings (SSSR count). The smallest absolute Gasteiger partial charge is 0.410 e. The van der Waals surface area contributed by atoms with Gasteiger partial charge in [0.1, 0.15) is 5.60 Å². The average Bonchev–Trinajstić information content (AvgIpc) is 2.40. The fourth-order valence-electron chi connectivity index (χ4n) is 3.05. The van der Waals surface area contributed by atoms with Crippen LogP contribution in [0, 0.1) is 5.92 Å². The number of rotatable bonds is 2. The minimum atomic E-state index is -0.419. The number of likely N-dealkylation sites (tertiary alicyclic amines) is 1. The molecule has 2 aliphatic rings. The van der Waals surface area contributed by atoms with Crippen LogP contribution in [0.4, 0.5) is 4.79 Å². The minimum absolute atomic E-state index is 0.182. The summed E-state index contributed by atoms with van der Waals surface area (Å²) in [5, 5.41) is 3.76. The van der Waals surface area contributed by atoms with Crippen LogP contribution in [0.25, 0.3) is 0 Å². The summed E-state index contributed by atoms with van der Waals surface area (Å²) in [6.45, 7) is 11.2. The summed E-state index contributed by atoms with van der Waals surface area (Å²) in [6.07, 6.45) is 3.01. The molecule has 0 bridgehead atoms. The summed E-state index contributed by atoms with van der Waals surface area (Å²) in [5.74, 6) is 0.453. The van der Waals surface area contributed by atoms with Gasteiger partial charge in [-0.25, -0.2) is 4.79 Å². The summed E-state index contributed by atoms with van der Waals surface area (Å²) < 4.78 is 10.9. The van der Waals surface area contributed by atoms with E-state index in [1.165, 1.54) is 0 Å². The first kappa shape index (κ1) is 16.6. The Balaban J connectivity index is 1.79. The van der Waals surface area contributed by atoms with E-state index in [1.54, 1.807) is 0 Å². The lowest BCUT2D eigenvalue weighted by molar-refractivity contribution is 0.0123. The minimum Gasteiger partial charge on any atom is -0.444 e. The van der Waals surface area contributed by atoms with Crippen molar-refractivity contribution in [2.24, 2.45) is 5.92 Å². The fraction of sp³-hybridized carbons (Fsp3) is 0.938. The summed E-state index contributed by atoms with van der Waals surface area (Å²) in [5.41, 5.74) is -0.419. The Labute approximate surface area is 128 Å². The molecule has 5 nitrogen and oxygen atoms in total. The molecule has 0 aromatic heterocycles. The molecule has 0 aromatic rings. The molecule has 0 saturated carbocycles. The number of hydrogen-bond donors (Lipinski definition) is 1. The van der Waals surface area contributed by atoms with Gasteiger partial charge in [0, 0.05) is 38.4 Å². The molecule has 0 aromatic carbocycles. The van der Waals surface area contributed by atoms with Crippen molar-refractivity contribution in [3.8, 4) is 0 Å². The topological polar surface area (TPSA) is 50.8 Å². The van der Waals surface area contributed by atoms with Crippen LogP contribution in [-0.4, -0.2) is 55.0 Å². The van der Waals surface area contributed by atoms with E-state index in [2.05, 4.69) is 12.2 Å². The molecular weight excluding hydrogens is 268 g/mol. The third-order valence-electron chi connectivity index (χ3n) is 4.23. The first-order valence-corrected chi connectivity index (χ1v) is 8.17. The molecule has 2 atom stereocenters. The van der Waals surface area contributed by atoms with Gasteiger partial charge in [0.05, 0.1) is 0 Å². The van der Waals surface area contributed by atoms with Crippen LogP contribution in [0.1, 0.15) is 47.0 Å². The van der Waals surface area contributed by atoms with Crippen molar-refractivity contribution in [3.05, 3.63) is 0 Å². The molecule has 2 unspecified atom stereocenters. The number of nitrogens with zero attached hydrogens (tertiary/aromatic N) is 1. The van der Waals surface area contributed by atoms with E-state index < -0.39 is 5.60 Å². The van der Waals surface area contributed by atoms with Gasteiger partial charge >= 0.3 is 6.09 Å². The van der Waals surface area contributed by atoms with Crippen molar-refractivity contribution >= 4 is 6.09 Å². The molecule has 1 amide bonds. The Morgan fingerprint density at radius 3 is 2.48 bits per heavy atom. The van der Waals surface area contributed by atoms with E-state index in [1.807, 2.05) is 25.7 Å². The van der Waals surface area contributed by atoms with Gasteiger partial charge < -0.3 is 19.7 Å². The average molecular weight is 298 g/mol. The van der Waals surface area contributed by atoms with Crippen LogP contribution in [0.15, 0.2) is 0 Å². The number of nitrogens with one attached hydrogen (secondary N) is 1. The van der Waals surface area contributed by atoms with Crippen molar-refractivity contribution in [1.82, 2.24) is 10.2 Å². The Morgan fingerprint density at radius 2 is 1.90 bits per heavy atom. The maximum atomic E-state index is 12.1. The molecular formula is C16H30N2O3. The zero-order valence-electron chi connectivity index (χ0n) is 13.9. The Hall–Kier alpha value is -0.810. The molecule has 0 radical (unpaired) electrons. The maximum Gasteiger partial charge on any atom is 0.410 e. The van der Waals surface area contributed by atoms with Gasteiger partial charge in [-0.2, -0.15) is 0 Å². The quantitative estimate of drug-likeness (QED) is 0.850. The first-order chi connectivity index (χ1) is 9.85. The second-order valence-corrected chi connectivity index (χ2v) is 7.35. The third-order valence-corrected chi connectivity index (χ3v) is 4.23. The largest absolute Gasteiger partial charge is 0.444 e. The lowest BCUT2D eigenvalue weighted by Gasteiger charge is -2.40. The van der Waals surface area contributed by atoms with Crippen molar-refractivity contribution in [2.75, 3.05) is 26.3 Å². The molecule has 0 aliphatic carbocycles. The summed E-state index contributed by atoms with van der Waals surface area (Å²) >= 11 is 0. The Morgan fingerprint density at radius 1 is 1.24 bits per heavy atom. The van der Waals surface area contributed by atoms with Crippen LogP contribution in [0.3, 0.4) is 0 Å². The van der Waals surface area contributed by atoms with E-state index in [9.17, 15) is 4.79 Å².